The van der Waals surface area contributed by atoms with Gasteiger partial charge < -0.3 is 14.6 Å². The molecule has 1 N–H and O–H groups in total. The first-order chi connectivity index (χ1) is 11.7. The molecule has 0 heterocycles. The number of hydrogen-bond donors (Lipinski definition) is 1. The van der Waals surface area contributed by atoms with Gasteiger partial charge in [0, 0.05) is 6.54 Å². The van der Waals surface area contributed by atoms with Gasteiger partial charge in [0.05, 0.1) is 31.4 Å². The summed E-state index contributed by atoms with van der Waals surface area (Å²) in [5, 5.41) is 18.6. The lowest BCUT2D eigenvalue weighted by Gasteiger charge is -2.27. The lowest BCUT2D eigenvalue weighted by Crippen LogP contribution is -2.31. The maximum Gasteiger partial charge on any atom is 0.120 e. The van der Waals surface area contributed by atoms with E-state index in [1.165, 1.54) is 0 Å². The molecular weight excluding hydrogens is 304 g/mol. The van der Waals surface area contributed by atoms with E-state index in [0.717, 1.165) is 11.3 Å². The first-order valence-corrected chi connectivity index (χ1v) is 7.76. The molecule has 126 valence electrons. The Bertz CT molecular complexity index is 680. The van der Waals surface area contributed by atoms with Crippen LogP contribution in [0.5, 0.6) is 11.5 Å². The molecule has 0 aliphatic carbocycles. The molecule has 5 heteroatoms. The predicted molar refractivity (Wildman–Crippen MR) is 92.1 cm³/mol. The van der Waals surface area contributed by atoms with E-state index in [1.807, 2.05) is 42.3 Å². The van der Waals surface area contributed by atoms with Crippen molar-refractivity contribution in [1.82, 2.24) is 4.90 Å². The van der Waals surface area contributed by atoms with Crippen molar-refractivity contribution in [3.8, 4) is 17.6 Å². The molecule has 0 spiro atoms. The average Bonchev–Trinajstić information content (AvgIpc) is 2.63. The summed E-state index contributed by atoms with van der Waals surface area (Å²) in [5.74, 6) is 1.46. The van der Waals surface area contributed by atoms with Crippen LogP contribution in [0.4, 0.5) is 0 Å². The largest absolute Gasteiger partial charge is 0.497 e. The van der Waals surface area contributed by atoms with E-state index < -0.39 is 0 Å². The molecule has 0 bridgehead atoms. The third kappa shape index (κ3) is 4.72. The number of aliphatic hydroxyl groups is 1. The third-order valence-electron chi connectivity index (χ3n) is 3.88. The molecule has 2 rings (SSSR count). The van der Waals surface area contributed by atoms with Crippen LogP contribution in [0.2, 0.25) is 0 Å². The van der Waals surface area contributed by atoms with Gasteiger partial charge in [0.1, 0.15) is 18.1 Å². The number of benzene rings is 2. The maximum absolute atomic E-state index is 9.71. The van der Waals surface area contributed by atoms with Gasteiger partial charge in [-0.2, -0.15) is 5.26 Å². The highest BCUT2D eigenvalue weighted by Gasteiger charge is 2.16. The Labute approximate surface area is 142 Å². The fourth-order valence-corrected chi connectivity index (χ4v) is 2.44. The van der Waals surface area contributed by atoms with Crippen LogP contribution in [0, 0.1) is 11.3 Å². The summed E-state index contributed by atoms with van der Waals surface area (Å²) < 4.78 is 10.8. The second kappa shape index (κ2) is 8.92. The molecule has 1 atom stereocenters. The summed E-state index contributed by atoms with van der Waals surface area (Å²) in [6.45, 7) is 1.14. The van der Waals surface area contributed by atoms with Crippen molar-refractivity contribution in [1.29, 1.82) is 5.26 Å². The first-order valence-electron chi connectivity index (χ1n) is 7.76. The van der Waals surface area contributed by atoms with Crippen molar-refractivity contribution in [2.24, 2.45) is 0 Å². The number of rotatable bonds is 8. The molecule has 0 aliphatic rings. The zero-order valence-electron chi connectivity index (χ0n) is 14.0. The van der Waals surface area contributed by atoms with E-state index in [1.54, 1.807) is 25.3 Å². The van der Waals surface area contributed by atoms with Gasteiger partial charge in [-0.05, 0) is 42.9 Å². The molecule has 1 unspecified atom stereocenters. The maximum atomic E-state index is 9.71. The molecule has 0 aliphatic heterocycles. The number of likely N-dealkylation sites (N-methyl/N-ethyl adjacent to an activating group) is 1. The van der Waals surface area contributed by atoms with Gasteiger partial charge in [-0.1, -0.05) is 18.2 Å². The quantitative estimate of drug-likeness (QED) is 0.808. The molecule has 0 fully saturated rings. The van der Waals surface area contributed by atoms with E-state index in [4.69, 9.17) is 14.7 Å². The van der Waals surface area contributed by atoms with Crippen LogP contribution in [0.25, 0.3) is 0 Å². The van der Waals surface area contributed by atoms with Gasteiger partial charge in [-0.15, -0.1) is 0 Å². The van der Waals surface area contributed by atoms with Gasteiger partial charge in [0.15, 0.2) is 0 Å². The molecule has 0 radical (unpaired) electrons. The molecule has 0 saturated heterocycles. The normalized spacial score (nSPS) is 11.8. The molecule has 0 saturated carbocycles. The van der Waals surface area contributed by atoms with E-state index in [9.17, 15) is 5.11 Å². The van der Waals surface area contributed by atoms with Gasteiger partial charge >= 0.3 is 0 Å². The van der Waals surface area contributed by atoms with Crippen LogP contribution in [-0.2, 0) is 0 Å². The summed E-state index contributed by atoms with van der Waals surface area (Å²) in [7, 11) is 3.57. The lowest BCUT2D eigenvalue weighted by atomic mass is 10.1. The average molecular weight is 326 g/mol. The van der Waals surface area contributed by atoms with Crippen LogP contribution in [0.15, 0.2) is 48.5 Å². The summed E-state index contributed by atoms with van der Waals surface area (Å²) in [4.78, 5) is 2.04. The summed E-state index contributed by atoms with van der Waals surface area (Å²) in [6.07, 6.45) is 0. The number of nitrogens with zero attached hydrogens (tertiary/aromatic N) is 2. The summed E-state index contributed by atoms with van der Waals surface area (Å²) in [5.41, 5.74) is 1.60. The second-order valence-electron chi connectivity index (χ2n) is 5.44. The number of methoxy groups -OCH3 is 1. The van der Waals surface area contributed by atoms with Crippen molar-refractivity contribution < 1.29 is 14.6 Å². The zero-order chi connectivity index (χ0) is 17.4. The Balaban J connectivity index is 1.91. The third-order valence-corrected chi connectivity index (χ3v) is 3.88. The van der Waals surface area contributed by atoms with Crippen molar-refractivity contribution >= 4 is 0 Å². The minimum absolute atomic E-state index is 0.0206. The van der Waals surface area contributed by atoms with E-state index in [-0.39, 0.29) is 12.6 Å². The highest BCUT2D eigenvalue weighted by atomic mass is 16.5. The monoisotopic (exact) mass is 326 g/mol. The minimum atomic E-state index is -0.107. The Morgan fingerprint density at radius 1 is 1.17 bits per heavy atom. The Morgan fingerprint density at radius 2 is 1.92 bits per heavy atom. The zero-order valence-corrected chi connectivity index (χ0v) is 14.0. The first kappa shape index (κ1) is 17.8. The van der Waals surface area contributed by atoms with E-state index >= 15 is 0 Å². The smallest absolute Gasteiger partial charge is 0.120 e. The minimum Gasteiger partial charge on any atom is -0.497 e. The topological polar surface area (TPSA) is 65.7 Å². The van der Waals surface area contributed by atoms with Crippen molar-refractivity contribution in [2.75, 3.05) is 33.9 Å². The fraction of sp³-hybridized carbons (Fsp3) is 0.316. The Morgan fingerprint density at radius 3 is 2.54 bits per heavy atom. The highest BCUT2D eigenvalue weighted by Crippen LogP contribution is 2.21. The van der Waals surface area contributed by atoms with E-state index in [0.29, 0.717) is 24.5 Å². The molecule has 0 aromatic heterocycles. The molecular formula is C19H22N2O3. The molecule has 24 heavy (non-hydrogen) atoms. The molecule has 2 aromatic carbocycles. The van der Waals surface area contributed by atoms with Crippen LogP contribution >= 0.6 is 0 Å². The number of ether oxygens (including phenoxy) is 2. The molecule has 2 aromatic rings. The van der Waals surface area contributed by atoms with Gasteiger partial charge in [-0.25, -0.2) is 0 Å². The summed E-state index contributed by atoms with van der Waals surface area (Å²) in [6, 6.07) is 16.7. The van der Waals surface area contributed by atoms with E-state index in [2.05, 4.69) is 6.07 Å². The predicted octanol–water partition coefficient (Wildman–Crippen LogP) is 2.61. The van der Waals surface area contributed by atoms with Crippen LogP contribution in [0.1, 0.15) is 17.2 Å². The van der Waals surface area contributed by atoms with Crippen molar-refractivity contribution in [3.63, 3.8) is 0 Å². The molecule has 5 nitrogen and oxygen atoms in total. The fourth-order valence-electron chi connectivity index (χ4n) is 2.44. The van der Waals surface area contributed by atoms with Crippen molar-refractivity contribution in [3.05, 3.63) is 59.7 Å². The lowest BCUT2D eigenvalue weighted by molar-refractivity contribution is 0.130. The van der Waals surface area contributed by atoms with Crippen molar-refractivity contribution in [2.45, 2.75) is 6.04 Å². The SMILES string of the molecule is COc1ccc(C(CO)N(C)CCOc2cccc(C#N)c2)cc1. The standard InChI is InChI=1S/C19H22N2O3/c1-21(10-11-24-18-5-3-4-15(12-18)13-20)19(14-22)16-6-8-17(23-2)9-7-16/h3-9,12,19,22H,10-11,14H2,1-2H3. The van der Waals surface area contributed by atoms with Crippen LogP contribution in [0.3, 0.4) is 0 Å². The van der Waals surface area contributed by atoms with Gasteiger partial charge in [0.25, 0.3) is 0 Å². The van der Waals surface area contributed by atoms with Crippen LogP contribution < -0.4 is 9.47 Å². The Kier molecular flexibility index (Phi) is 6.62. The number of nitriles is 1. The number of aliphatic hydroxyl groups excluding tert-OH is 1. The number of hydrogen-bond acceptors (Lipinski definition) is 5. The second-order valence-corrected chi connectivity index (χ2v) is 5.44. The Hall–Kier alpha value is -2.55. The van der Waals surface area contributed by atoms with Gasteiger partial charge in [-0.3, -0.25) is 4.90 Å². The van der Waals surface area contributed by atoms with Gasteiger partial charge in [0.2, 0.25) is 0 Å². The van der Waals surface area contributed by atoms with Crippen LogP contribution in [-0.4, -0.2) is 43.9 Å². The molecule has 0 amide bonds. The summed E-state index contributed by atoms with van der Waals surface area (Å²) >= 11 is 0. The highest BCUT2D eigenvalue weighted by molar-refractivity contribution is 5.36.